The third-order valence-corrected chi connectivity index (χ3v) is 8.27. The molecule has 2 saturated carbocycles. The van der Waals surface area contributed by atoms with Crippen molar-refractivity contribution in [1.82, 2.24) is 10.2 Å². The van der Waals surface area contributed by atoms with E-state index in [0.717, 1.165) is 19.3 Å². The number of carboxylic acids is 1. The molecule has 2 atom stereocenters. The lowest BCUT2D eigenvalue weighted by Crippen LogP contribution is -2.59. The molecule has 0 spiro atoms. The molecule has 0 saturated heterocycles. The molecule has 0 bridgehead atoms. The van der Waals surface area contributed by atoms with Gasteiger partial charge in [0.1, 0.15) is 12.1 Å². The van der Waals surface area contributed by atoms with Crippen LogP contribution in [0.25, 0.3) is 11.1 Å². The van der Waals surface area contributed by atoms with E-state index in [1.54, 1.807) is 7.05 Å². The molecule has 35 heavy (non-hydrogen) atoms. The summed E-state index contributed by atoms with van der Waals surface area (Å²) in [4.78, 5) is 38.5. The molecular weight excluding hydrogens is 444 g/mol. The molecule has 0 aromatic heterocycles. The normalized spacial score (nSPS) is 22.0. The highest BCUT2D eigenvalue weighted by Crippen LogP contribution is 2.44. The molecule has 184 valence electrons. The highest BCUT2D eigenvalue weighted by molar-refractivity contribution is 5.88. The number of rotatable bonds is 7. The highest BCUT2D eigenvalue weighted by Gasteiger charge is 2.50. The lowest BCUT2D eigenvalue weighted by Gasteiger charge is -2.45. The fourth-order valence-corrected chi connectivity index (χ4v) is 6.03. The summed E-state index contributed by atoms with van der Waals surface area (Å²) in [6.45, 7) is 0.274. The maximum atomic E-state index is 12.8. The van der Waals surface area contributed by atoms with Crippen molar-refractivity contribution < 1.29 is 24.2 Å². The number of ether oxygens (including phenoxy) is 1. The zero-order valence-electron chi connectivity index (χ0n) is 20.0. The second-order valence-corrected chi connectivity index (χ2v) is 10.2. The van der Waals surface area contributed by atoms with Gasteiger partial charge in [0, 0.05) is 25.4 Å². The average Bonchev–Trinajstić information content (AvgIpc) is 3.38. The van der Waals surface area contributed by atoms with Crippen LogP contribution in [0.15, 0.2) is 48.5 Å². The number of likely N-dealkylation sites (N-methyl/N-ethyl adjacent to an activating group) is 1. The molecule has 0 heterocycles. The van der Waals surface area contributed by atoms with Gasteiger partial charge in [0.2, 0.25) is 5.91 Å². The van der Waals surface area contributed by atoms with Gasteiger partial charge in [0.05, 0.1) is 0 Å². The second kappa shape index (κ2) is 9.36. The standard InChI is InChI=1S/C28H32N2O5/c1-30(28(26(32)33)13-6-14-28)25(31)16-18-11-12-19(15-18)29-27(34)35-17-24-22-9-4-2-7-20(22)21-8-3-5-10-23(21)24/h2-5,7-10,18-19,24H,6,11-17H2,1H3,(H,29,34)(H,32,33). The smallest absolute Gasteiger partial charge is 0.407 e. The number of aliphatic carboxylic acids is 1. The third kappa shape index (κ3) is 4.28. The predicted molar refractivity (Wildman–Crippen MR) is 131 cm³/mol. The minimum absolute atomic E-state index is 0.0192. The Morgan fingerprint density at radius 3 is 2.23 bits per heavy atom. The average molecular weight is 477 g/mol. The number of alkyl carbamates (subject to hydrolysis) is 1. The molecule has 3 aliphatic rings. The van der Waals surface area contributed by atoms with Crippen molar-refractivity contribution in [2.24, 2.45) is 5.92 Å². The monoisotopic (exact) mass is 476 g/mol. The Hall–Kier alpha value is -3.35. The minimum atomic E-state index is -1.03. The van der Waals surface area contributed by atoms with Crippen molar-refractivity contribution in [3.05, 3.63) is 59.7 Å². The Morgan fingerprint density at radius 2 is 1.66 bits per heavy atom. The van der Waals surface area contributed by atoms with Crippen molar-refractivity contribution in [2.75, 3.05) is 13.7 Å². The van der Waals surface area contributed by atoms with Crippen molar-refractivity contribution in [3.63, 3.8) is 0 Å². The lowest BCUT2D eigenvalue weighted by molar-refractivity contribution is -0.164. The van der Waals surface area contributed by atoms with Gasteiger partial charge in [-0.1, -0.05) is 48.5 Å². The van der Waals surface area contributed by atoms with Crippen LogP contribution in [0.1, 0.15) is 62.0 Å². The molecule has 0 aliphatic heterocycles. The first-order valence-corrected chi connectivity index (χ1v) is 12.5. The summed E-state index contributed by atoms with van der Waals surface area (Å²) in [5, 5.41) is 12.6. The minimum Gasteiger partial charge on any atom is -0.479 e. The van der Waals surface area contributed by atoms with E-state index in [1.807, 2.05) is 24.3 Å². The van der Waals surface area contributed by atoms with Crippen LogP contribution >= 0.6 is 0 Å². The van der Waals surface area contributed by atoms with Gasteiger partial charge in [-0.15, -0.1) is 0 Å². The summed E-state index contributed by atoms with van der Waals surface area (Å²) in [6, 6.07) is 16.4. The van der Waals surface area contributed by atoms with Gasteiger partial charge < -0.3 is 20.1 Å². The topological polar surface area (TPSA) is 95.9 Å². The van der Waals surface area contributed by atoms with E-state index in [-0.39, 0.29) is 30.4 Å². The van der Waals surface area contributed by atoms with Gasteiger partial charge in [-0.2, -0.15) is 0 Å². The van der Waals surface area contributed by atoms with Gasteiger partial charge in [-0.3, -0.25) is 4.79 Å². The molecule has 7 heteroatoms. The predicted octanol–water partition coefficient (Wildman–Crippen LogP) is 4.55. The first-order chi connectivity index (χ1) is 16.9. The molecule has 2 aromatic carbocycles. The van der Waals surface area contributed by atoms with Crippen LogP contribution in [0.3, 0.4) is 0 Å². The fraction of sp³-hybridized carbons (Fsp3) is 0.464. The number of nitrogens with zero attached hydrogens (tertiary/aromatic N) is 1. The molecule has 0 radical (unpaired) electrons. The van der Waals surface area contributed by atoms with Crippen LogP contribution in [0.2, 0.25) is 0 Å². The highest BCUT2D eigenvalue weighted by atomic mass is 16.5. The number of nitrogens with one attached hydrogen (secondary N) is 1. The summed E-state index contributed by atoms with van der Waals surface area (Å²) in [5.74, 6) is -0.889. The van der Waals surface area contributed by atoms with E-state index in [0.29, 0.717) is 25.7 Å². The number of benzene rings is 2. The molecule has 2 fully saturated rings. The summed E-state index contributed by atoms with van der Waals surface area (Å²) in [7, 11) is 1.61. The molecule has 2 amide bonds. The molecule has 2 N–H and O–H groups in total. The Bertz CT molecular complexity index is 1100. The molecule has 2 aromatic rings. The second-order valence-electron chi connectivity index (χ2n) is 10.2. The third-order valence-electron chi connectivity index (χ3n) is 8.27. The van der Waals surface area contributed by atoms with E-state index in [9.17, 15) is 19.5 Å². The first kappa shape index (κ1) is 23.4. The summed E-state index contributed by atoms with van der Waals surface area (Å²) in [5.41, 5.74) is 3.70. The lowest BCUT2D eigenvalue weighted by atomic mass is 9.75. The van der Waals surface area contributed by atoms with Crippen LogP contribution in [0.5, 0.6) is 0 Å². The number of carbonyl (C=O) groups is 3. The summed E-state index contributed by atoms with van der Waals surface area (Å²) in [6.07, 6.45) is 4.06. The molecular formula is C28H32N2O5. The largest absolute Gasteiger partial charge is 0.479 e. The van der Waals surface area contributed by atoms with Crippen molar-refractivity contribution in [1.29, 1.82) is 0 Å². The number of fused-ring (bicyclic) bond motifs is 3. The van der Waals surface area contributed by atoms with Gasteiger partial charge >= 0.3 is 12.1 Å². The first-order valence-electron chi connectivity index (χ1n) is 12.5. The van der Waals surface area contributed by atoms with Crippen LogP contribution in [0.4, 0.5) is 4.79 Å². The van der Waals surface area contributed by atoms with Crippen LogP contribution in [-0.4, -0.2) is 53.2 Å². The quantitative estimate of drug-likeness (QED) is 0.611. The maximum Gasteiger partial charge on any atom is 0.407 e. The van der Waals surface area contributed by atoms with E-state index in [2.05, 4.69) is 29.6 Å². The van der Waals surface area contributed by atoms with Crippen molar-refractivity contribution in [2.45, 2.75) is 62.4 Å². The van der Waals surface area contributed by atoms with E-state index in [1.165, 1.54) is 27.2 Å². The Morgan fingerprint density at radius 1 is 1.03 bits per heavy atom. The van der Waals surface area contributed by atoms with Crippen molar-refractivity contribution >= 4 is 18.0 Å². The van der Waals surface area contributed by atoms with E-state index in [4.69, 9.17) is 4.74 Å². The summed E-state index contributed by atoms with van der Waals surface area (Å²) >= 11 is 0. The fourth-order valence-electron chi connectivity index (χ4n) is 6.03. The summed E-state index contributed by atoms with van der Waals surface area (Å²) < 4.78 is 5.66. The molecule has 5 rings (SSSR count). The van der Waals surface area contributed by atoms with Crippen LogP contribution < -0.4 is 5.32 Å². The molecule has 7 nitrogen and oxygen atoms in total. The van der Waals surface area contributed by atoms with Gasteiger partial charge in [-0.25, -0.2) is 9.59 Å². The number of carbonyl (C=O) groups excluding carboxylic acids is 2. The number of carboxylic acid groups (broad SMARTS) is 1. The molecule has 2 unspecified atom stereocenters. The zero-order valence-corrected chi connectivity index (χ0v) is 20.0. The SMILES string of the molecule is CN(C(=O)CC1CCC(NC(=O)OCC2c3ccccc3-c3ccccc32)C1)C1(C(=O)O)CCC1. The Kier molecular flexibility index (Phi) is 6.26. The number of hydrogen-bond donors (Lipinski definition) is 2. The zero-order chi connectivity index (χ0) is 24.6. The Labute approximate surface area is 205 Å². The van der Waals surface area contributed by atoms with Gasteiger partial charge in [-0.05, 0) is 66.7 Å². The maximum absolute atomic E-state index is 12.8. The van der Waals surface area contributed by atoms with E-state index < -0.39 is 17.6 Å². The molecule has 3 aliphatic carbocycles. The Balaban J connectivity index is 1.12. The van der Waals surface area contributed by atoms with E-state index >= 15 is 0 Å². The van der Waals surface area contributed by atoms with Crippen LogP contribution in [-0.2, 0) is 14.3 Å². The van der Waals surface area contributed by atoms with Crippen molar-refractivity contribution in [3.8, 4) is 11.1 Å². The van der Waals surface area contributed by atoms with Crippen LogP contribution in [0, 0.1) is 5.92 Å². The number of hydrogen-bond acceptors (Lipinski definition) is 4. The van der Waals surface area contributed by atoms with Gasteiger partial charge in [0.15, 0.2) is 0 Å². The number of amides is 2. The van der Waals surface area contributed by atoms with Gasteiger partial charge in [0.25, 0.3) is 0 Å².